The van der Waals surface area contributed by atoms with E-state index in [1.165, 1.54) is 0 Å². The van der Waals surface area contributed by atoms with E-state index in [2.05, 4.69) is 10.6 Å². The smallest absolute Gasteiger partial charge is 0.322 e. The van der Waals surface area contributed by atoms with Crippen molar-refractivity contribution in [2.75, 3.05) is 11.9 Å². The molecule has 1 heterocycles. The van der Waals surface area contributed by atoms with Crippen molar-refractivity contribution < 1.29 is 19.2 Å². The normalized spacial score (nSPS) is 17.2. The van der Waals surface area contributed by atoms with Gasteiger partial charge in [-0.2, -0.15) is 0 Å². The number of nitrogens with zero attached hydrogens (tertiary/aromatic N) is 1. The first-order valence-corrected chi connectivity index (χ1v) is 11.5. The van der Waals surface area contributed by atoms with Gasteiger partial charge in [0.05, 0.1) is 6.54 Å². The number of ketones is 1. The van der Waals surface area contributed by atoms with Crippen molar-refractivity contribution in [3.05, 3.63) is 114 Å². The maximum absolute atomic E-state index is 13.3. The highest BCUT2D eigenvalue weighted by Crippen LogP contribution is 2.31. The van der Waals surface area contributed by atoms with Gasteiger partial charge in [-0.25, -0.2) is 4.79 Å². The van der Waals surface area contributed by atoms with Crippen molar-refractivity contribution in [3.8, 4) is 0 Å². The average Bonchev–Trinajstić information content (AvgIpc) is 3.13. The zero-order valence-corrected chi connectivity index (χ0v) is 19.5. The lowest BCUT2D eigenvalue weighted by molar-refractivity contribution is -0.130. The van der Waals surface area contributed by atoms with E-state index in [1.807, 2.05) is 48.5 Å². The molecule has 0 aromatic heterocycles. The predicted octanol–water partition coefficient (Wildman–Crippen LogP) is 4.74. The van der Waals surface area contributed by atoms with E-state index >= 15 is 0 Å². The summed E-state index contributed by atoms with van der Waals surface area (Å²) in [5.74, 6) is -1.13. The van der Waals surface area contributed by atoms with Gasteiger partial charge in [0.1, 0.15) is 5.54 Å². The molecular formula is C29H23N3O4. The largest absolute Gasteiger partial charge is 0.325 e. The molecule has 0 aliphatic carbocycles. The Morgan fingerprint density at radius 2 is 1.47 bits per heavy atom. The van der Waals surface area contributed by atoms with Crippen LogP contribution in [0.3, 0.4) is 0 Å². The third kappa shape index (κ3) is 4.22. The highest BCUT2D eigenvalue weighted by molar-refractivity contribution is 6.11. The van der Waals surface area contributed by atoms with Gasteiger partial charge in [-0.15, -0.1) is 0 Å². The van der Waals surface area contributed by atoms with E-state index in [-0.39, 0.29) is 18.2 Å². The summed E-state index contributed by atoms with van der Waals surface area (Å²) in [5, 5.41) is 7.50. The van der Waals surface area contributed by atoms with Crippen LogP contribution in [0.2, 0.25) is 0 Å². The van der Waals surface area contributed by atoms with Crippen molar-refractivity contribution in [2.24, 2.45) is 0 Å². The molecule has 2 N–H and O–H groups in total. The lowest BCUT2D eigenvalue weighted by Gasteiger charge is -2.22. The molecule has 4 amide bonds. The maximum atomic E-state index is 13.3. The van der Waals surface area contributed by atoms with Crippen LogP contribution >= 0.6 is 0 Å². The second-order valence-electron chi connectivity index (χ2n) is 8.83. The van der Waals surface area contributed by atoms with E-state index in [4.69, 9.17) is 0 Å². The quantitative estimate of drug-likeness (QED) is 0.310. The van der Waals surface area contributed by atoms with Crippen LogP contribution in [0.5, 0.6) is 0 Å². The van der Waals surface area contributed by atoms with Gasteiger partial charge < -0.3 is 10.6 Å². The van der Waals surface area contributed by atoms with E-state index in [0.29, 0.717) is 22.4 Å². The minimum absolute atomic E-state index is 0.262. The van der Waals surface area contributed by atoms with Gasteiger partial charge in [-0.1, -0.05) is 54.6 Å². The molecular weight excluding hydrogens is 454 g/mol. The van der Waals surface area contributed by atoms with Gasteiger partial charge in [0.2, 0.25) is 0 Å². The Labute approximate surface area is 207 Å². The number of carbonyl (C=O) groups is 4. The number of hydrogen-bond donors (Lipinski definition) is 2. The summed E-state index contributed by atoms with van der Waals surface area (Å²) in [4.78, 5) is 52.2. The van der Waals surface area contributed by atoms with Crippen LogP contribution in [-0.4, -0.2) is 35.1 Å². The molecule has 1 fully saturated rings. The minimum atomic E-state index is -1.27. The second kappa shape index (κ2) is 9.11. The van der Waals surface area contributed by atoms with Crippen LogP contribution in [0, 0.1) is 0 Å². The Morgan fingerprint density at radius 1 is 0.806 bits per heavy atom. The summed E-state index contributed by atoms with van der Waals surface area (Å²) in [6.45, 7) is 1.26. The van der Waals surface area contributed by atoms with E-state index < -0.39 is 17.5 Å². The Morgan fingerprint density at radius 3 is 2.19 bits per heavy atom. The molecule has 0 saturated carbocycles. The Bertz CT molecular complexity index is 1500. The SMILES string of the molecule is C[C@@]1(c2ccc3ccccc3c2)NC(=O)N(CC(=O)c2ccc(NC(=O)c3ccccc3)cc2)C1=O. The lowest BCUT2D eigenvalue weighted by atomic mass is 9.90. The number of imide groups is 1. The molecule has 1 saturated heterocycles. The molecule has 36 heavy (non-hydrogen) atoms. The second-order valence-corrected chi connectivity index (χ2v) is 8.83. The summed E-state index contributed by atoms with van der Waals surface area (Å²) in [6.07, 6.45) is 0. The van der Waals surface area contributed by atoms with E-state index in [0.717, 1.165) is 15.7 Å². The summed E-state index contributed by atoms with van der Waals surface area (Å²) >= 11 is 0. The molecule has 1 aliphatic rings. The standard InChI is InChI=1S/C29H23N3O4/c1-29(23-14-11-19-7-5-6-10-22(19)17-23)27(35)32(28(36)31-29)18-25(33)20-12-15-24(16-13-20)30-26(34)21-8-3-2-4-9-21/h2-17H,18H2,1H3,(H,30,34)(H,31,36)/t29-/m0/s1. The average molecular weight is 478 g/mol. The minimum Gasteiger partial charge on any atom is -0.322 e. The molecule has 0 unspecified atom stereocenters. The van der Waals surface area contributed by atoms with Gasteiger partial charge in [0, 0.05) is 16.8 Å². The van der Waals surface area contributed by atoms with Crippen LogP contribution in [-0.2, 0) is 10.3 Å². The van der Waals surface area contributed by atoms with Crippen molar-refractivity contribution in [1.29, 1.82) is 0 Å². The van der Waals surface area contributed by atoms with Crippen LogP contribution in [0.4, 0.5) is 10.5 Å². The Hall–Kier alpha value is -4.78. The molecule has 1 aliphatic heterocycles. The van der Waals surface area contributed by atoms with Crippen molar-refractivity contribution in [1.82, 2.24) is 10.2 Å². The molecule has 7 nitrogen and oxygen atoms in total. The number of rotatable bonds is 6. The number of nitrogens with one attached hydrogen (secondary N) is 2. The number of anilines is 1. The number of hydrogen-bond acceptors (Lipinski definition) is 4. The Balaban J connectivity index is 1.29. The van der Waals surface area contributed by atoms with Crippen molar-refractivity contribution in [3.63, 3.8) is 0 Å². The number of fused-ring (bicyclic) bond motifs is 1. The van der Waals surface area contributed by atoms with Gasteiger partial charge in [0.25, 0.3) is 11.8 Å². The fourth-order valence-corrected chi connectivity index (χ4v) is 4.30. The topological polar surface area (TPSA) is 95.6 Å². The number of carbonyl (C=O) groups excluding carboxylic acids is 4. The number of amides is 4. The highest BCUT2D eigenvalue weighted by Gasteiger charge is 2.49. The van der Waals surface area contributed by atoms with Crippen molar-refractivity contribution >= 4 is 40.1 Å². The first-order chi connectivity index (χ1) is 17.3. The fourth-order valence-electron chi connectivity index (χ4n) is 4.30. The summed E-state index contributed by atoms with van der Waals surface area (Å²) in [5.41, 5.74) is 0.748. The van der Waals surface area contributed by atoms with Crippen LogP contribution < -0.4 is 10.6 Å². The monoisotopic (exact) mass is 477 g/mol. The molecule has 4 aromatic carbocycles. The van der Waals surface area contributed by atoms with E-state index in [9.17, 15) is 19.2 Å². The third-order valence-electron chi connectivity index (χ3n) is 6.40. The molecule has 7 heteroatoms. The van der Waals surface area contributed by atoms with E-state index in [1.54, 1.807) is 55.5 Å². The Kier molecular flexibility index (Phi) is 5.82. The molecule has 5 rings (SSSR count). The summed E-state index contributed by atoms with van der Waals surface area (Å²) in [7, 11) is 0. The van der Waals surface area contributed by atoms with Gasteiger partial charge in [0.15, 0.2) is 5.78 Å². The number of Topliss-reactive ketones (excluding diaryl/α,β-unsaturated/α-hetero) is 1. The lowest BCUT2D eigenvalue weighted by Crippen LogP contribution is -2.41. The van der Waals surface area contributed by atoms with Crippen LogP contribution in [0.15, 0.2) is 97.1 Å². The van der Waals surface area contributed by atoms with Crippen LogP contribution in [0.1, 0.15) is 33.2 Å². The fraction of sp³-hybridized carbons (Fsp3) is 0.103. The van der Waals surface area contributed by atoms with Gasteiger partial charge in [-0.3, -0.25) is 19.3 Å². The summed E-state index contributed by atoms with van der Waals surface area (Å²) in [6, 6.07) is 27.9. The summed E-state index contributed by atoms with van der Waals surface area (Å²) < 4.78 is 0. The highest BCUT2D eigenvalue weighted by atomic mass is 16.2. The molecule has 0 radical (unpaired) electrons. The van der Waals surface area contributed by atoms with Gasteiger partial charge in [-0.05, 0) is 65.7 Å². The number of benzene rings is 4. The zero-order valence-electron chi connectivity index (χ0n) is 19.5. The first-order valence-electron chi connectivity index (χ1n) is 11.5. The maximum Gasteiger partial charge on any atom is 0.325 e. The third-order valence-corrected chi connectivity index (χ3v) is 6.40. The molecule has 0 spiro atoms. The van der Waals surface area contributed by atoms with Crippen molar-refractivity contribution in [2.45, 2.75) is 12.5 Å². The molecule has 0 bridgehead atoms. The number of urea groups is 1. The molecule has 4 aromatic rings. The molecule has 1 atom stereocenters. The van der Waals surface area contributed by atoms with Crippen LogP contribution in [0.25, 0.3) is 10.8 Å². The first kappa shape index (κ1) is 23.0. The molecule has 178 valence electrons. The zero-order chi connectivity index (χ0) is 25.3. The van der Waals surface area contributed by atoms with Gasteiger partial charge >= 0.3 is 6.03 Å². The predicted molar refractivity (Wildman–Crippen MR) is 137 cm³/mol.